The second-order valence-electron chi connectivity index (χ2n) is 8.89. The zero-order valence-corrected chi connectivity index (χ0v) is 21.5. The number of rotatable bonds is 16. The molecule has 2 rings (SSSR count). The molecular weight excluding hydrogens is 508 g/mol. The SMILES string of the molecule is CCOC(Cc1ccc(OCCN(CCCCC(C)(F)F)C(=O)NCc2ccc(F)cc2F)cc1)C(=O)O. The second-order valence-corrected chi connectivity index (χ2v) is 8.89. The summed E-state index contributed by atoms with van der Waals surface area (Å²) in [4.78, 5) is 25.4. The van der Waals surface area contributed by atoms with Crippen LogP contribution in [0, 0.1) is 11.6 Å². The number of benzene rings is 2. The van der Waals surface area contributed by atoms with Gasteiger partial charge in [0.25, 0.3) is 0 Å². The number of hydrogen-bond acceptors (Lipinski definition) is 4. The maximum Gasteiger partial charge on any atom is 0.333 e. The first kappa shape index (κ1) is 30.9. The predicted octanol–water partition coefficient (Wildman–Crippen LogP) is 5.41. The lowest BCUT2D eigenvalue weighted by Crippen LogP contribution is -2.42. The lowest BCUT2D eigenvalue weighted by molar-refractivity contribution is -0.149. The quantitative estimate of drug-likeness (QED) is 0.219. The molecule has 1 unspecified atom stereocenters. The molecule has 38 heavy (non-hydrogen) atoms. The highest BCUT2D eigenvalue weighted by atomic mass is 19.3. The molecular formula is C27H34F4N2O5. The number of amides is 2. The number of hydrogen-bond donors (Lipinski definition) is 2. The predicted molar refractivity (Wildman–Crippen MR) is 133 cm³/mol. The van der Waals surface area contributed by atoms with Crippen LogP contribution in [-0.2, 0) is 22.5 Å². The van der Waals surface area contributed by atoms with E-state index in [0.717, 1.165) is 24.6 Å². The molecule has 0 aliphatic rings. The van der Waals surface area contributed by atoms with Crippen LogP contribution in [0.3, 0.4) is 0 Å². The van der Waals surface area contributed by atoms with Gasteiger partial charge in [-0.25, -0.2) is 27.2 Å². The topological polar surface area (TPSA) is 88.1 Å². The van der Waals surface area contributed by atoms with Crippen LogP contribution in [0.2, 0.25) is 0 Å². The number of unbranched alkanes of at least 4 members (excludes halogenated alkanes) is 1. The summed E-state index contributed by atoms with van der Waals surface area (Å²) in [7, 11) is 0. The molecule has 2 aromatic rings. The molecule has 2 N–H and O–H groups in total. The monoisotopic (exact) mass is 542 g/mol. The van der Waals surface area contributed by atoms with E-state index in [0.29, 0.717) is 12.2 Å². The van der Waals surface area contributed by atoms with Crippen LogP contribution in [0.5, 0.6) is 5.75 Å². The van der Waals surface area contributed by atoms with Gasteiger partial charge in [-0.2, -0.15) is 0 Å². The summed E-state index contributed by atoms with van der Waals surface area (Å²) in [6, 6.07) is 9.29. The first-order chi connectivity index (χ1) is 18.0. The third kappa shape index (κ3) is 11.4. The van der Waals surface area contributed by atoms with Gasteiger partial charge >= 0.3 is 12.0 Å². The molecule has 0 saturated heterocycles. The number of alkyl halides is 2. The fourth-order valence-corrected chi connectivity index (χ4v) is 3.63. The molecule has 7 nitrogen and oxygen atoms in total. The van der Waals surface area contributed by atoms with E-state index in [1.807, 2.05) is 0 Å². The van der Waals surface area contributed by atoms with Gasteiger partial charge in [0.1, 0.15) is 24.0 Å². The number of ether oxygens (including phenoxy) is 2. The first-order valence-corrected chi connectivity index (χ1v) is 12.4. The fourth-order valence-electron chi connectivity index (χ4n) is 3.63. The Kier molecular flexibility index (Phi) is 12.3. The van der Waals surface area contributed by atoms with Crippen molar-refractivity contribution in [1.82, 2.24) is 10.2 Å². The average molecular weight is 543 g/mol. The van der Waals surface area contributed by atoms with Crippen LogP contribution in [0.25, 0.3) is 0 Å². The van der Waals surface area contributed by atoms with Gasteiger partial charge < -0.3 is 24.8 Å². The van der Waals surface area contributed by atoms with E-state index in [-0.39, 0.29) is 57.7 Å². The maximum absolute atomic E-state index is 13.9. The molecule has 2 amide bonds. The van der Waals surface area contributed by atoms with Gasteiger partial charge in [-0.1, -0.05) is 18.2 Å². The Hall–Kier alpha value is -3.34. The highest BCUT2D eigenvalue weighted by Gasteiger charge is 2.21. The summed E-state index contributed by atoms with van der Waals surface area (Å²) < 4.78 is 64.2. The standard InChI is InChI=1S/C27H34F4N2O5/c1-3-37-24(25(34)35)16-19-6-10-22(11-7-19)38-15-14-33(13-5-4-12-27(2,30)31)26(36)32-18-20-8-9-21(28)17-23(20)29/h6-11,17,24H,3-5,12-16,18H2,1-2H3,(H,32,36)(H,34,35). The van der Waals surface area contributed by atoms with Crippen molar-refractivity contribution < 1.29 is 41.7 Å². The smallest absolute Gasteiger partial charge is 0.333 e. The third-order valence-corrected chi connectivity index (χ3v) is 5.64. The van der Waals surface area contributed by atoms with Crippen molar-refractivity contribution in [3.05, 3.63) is 65.2 Å². The number of carbonyl (C=O) groups is 2. The van der Waals surface area contributed by atoms with Crippen molar-refractivity contribution in [3.63, 3.8) is 0 Å². The largest absolute Gasteiger partial charge is 0.492 e. The lowest BCUT2D eigenvalue weighted by atomic mass is 10.1. The van der Waals surface area contributed by atoms with Gasteiger partial charge in [-0.15, -0.1) is 0 Å². The number of aliphatic carboxylic acids is 1. The normalized spacial score (nSPS) is 12.2. The molecule has 0 radical (unpaired) electrons. The van der Waals surface area contributed by atoms with E-state index >= 15 is 0 Å². The average Bonchev–Trinajstić information content (AvgIpc) is 2.84. The van der Waals surface area contributed by atoms with Gasteiger partial charge in [0.2, 0.25) is 5.92 Å². The second kappa shape index (κ2) is 15.2. The molecule has 0 saturated carbocycles. The Balaban J connectivity index is 1.92. The van der Waals surface area contributed by atoms with E-state index in [1.165, 1.54) is 11.0 Å². The van der Waals surface area contributed by atoms with Crippen LogP contribution >= 0.6 is 0 Å². The minimum Gasteiger partial charge on any atom is -0.492 e. The lowest BCUT2D eigenvalue weighted by Gasteiger charge is -2.24. The molecule has 1 atom stereocenters. The number of halogens is 4. The molecule has 0 fully saturated rings. The van der Waals surface area contributed by atoms with Crippen LogP contribution in [0.4, 0.5) is 22.4 Å². The van der Waals surface area contributed by atoms with Crippen molar-refractivity contribution in [2.24, 2.45) is 0 Å². The molecule has 11 heteroatoms. The van der Waals surface area contributed by atoms with Crippen molar-refractivity contribution in [1.29, 1.82) is 0 Å². The number of carboxylic acids is 1. The van der Waals surface area contributed by atoms with Gasteiger partial charge in [-0.05, 0) is 50.5 Å². The van der Waals surface area contributed by atoms with Crippen LogP contribution in [0.1, 0.15) is 44.2 Å². The summed E-state index contributed by atoms with van der Waals surface area (Å²) in [5.74, 6) is -4.86. The Bertz CT molecular complexity index is 1030. The maximum atomic E-state index is 13.9. The molecule has 0 aliphatic carbocycles. The van der Waals surface area contributed by atoms with E-state index in [9.17, 15) is 32.3 Å². The van der Waals surface area contributed by atoms with Crippen molar-refractivity contribution in [3.8, 4) is 5.75 Å². The van der Waals surface area contributed by atoms with Gasteiger partial charge in [0, 0.05) is 44.2 Å². The van der Waals surface area contributed by atoms with Gasteiger partial charge in [0.15, 0.2) is 6.10 Å². The number of nitrogens with zero attached hydrogens (tertiary/aromatic N) is 1. The molecule has 0 heterocycles. The first-order valence-electron chi connectivity index (χ1n) is 12.4. The summed E-state index contributed by atoms with van der Waals surface area (Å²) in [5.41, 5.74) is 0.857. The number of urea groups is 1. The van der Waals surface area contributed by atoms with E-state index in [1.54, 1.807) is 31.2 Å². The third-order valence-electron chi connectivity index (χ3n) is 5.64. The molecule has 210 valence electrons. The van der Waals surface area contributed by atoms with Crippen molar-refractivity contribution in [2.45, 2.75) is 58.1 Å². The Morgan fingerprint density at radius 2 is 1.79 bits per heavy atom. The number of carboxylic acid groups (broad SMARTS) is 1. The highest BCUT2D eigenvalue weighted by molar-refractivity contribution is 5.74. The summed E-state index contributed by atoms with van der Waals surface area (Å²) in [6.07, 6.45) is -0.515. The van der Waals surface area contributed by atoms with Crippen LogP contribution in [0.15, 0.2) is 42.5 Å². The van der Waals surface area contributed by atoms with Crippen LogP contribution < -0.4 is 10.1 Å². The van der Waals surface area contributed by atoms with Gasteiger partial charge in [-0.3, -0.25) is 0 Å². The highest BCUT2D eigenvalue weighted by Crippen LogP contribution is 2.20. The van der Waals surface area contributed by atoms with E-state index in [2.05, 4.69) is 5.32 Å². The number of nitrogens with one attached hydrogen (secondary N) is 1. The molecule has 0 bridgehead atoms. The molecule has 0 spiro atoms. The summed E-state index contributed by atoms with van der Waals surface area (Å²) >= 11 is 0. The molecule has 0 aliphatic heterocycles. The fraction of sp³-hybridized carbons (Fsp3) is 0.481. The van der Waals surface area contributed by atoms with E-state index in [4.69, 9.17) is 9.47 Å². The zero-order chi connectivity index (χ0) is 28.1. The molecule has 2 aromatic carbocycles. The Morgan fingerprint density at radius 3 is 2.39 bits per heavy atom. The van der Waals surface area contributed by atoms with Crippen molar-refractivity contribution >= 4 is 12.0 Å². The minimum atomic E-state index is -2.80. The number of carbonyl (C=O) groups excluding carboxylic acids is 1. The summed E-state index contributed by atoms with van der Waals surface area (Å²) in [6.45, 7) is 3.08. The Labute approximate surface area is 219 Å². The Morgan fingerprint density at radius 1 is 1.08 bits per heavy atom. The molecule has 0 aromatic heterocycles. The minimum absolute atomic E-state index is 0.0955. The summed E-state index contributed by atoms with van der Waals surface area (Å²) in [5, 5.41) is 11.8. The van der Waals surface area contributed by atoms with Crippen LogP contribution in [-0.4, -0.2) is 60.3 Å². The van der Waals surface area contributed by atoms with E-state index < -0.39 is 35.7 Å². The van der Waals surface area contributed by atoms with Crippen molar-refractivity contribution in [2.75, 3.05) is 26.3 Å². The zero-order valence-electron chi connectivity index (χ0n) is 21.5. The van der Waals surface area contributed by atoms with Gasteiger partial charge in [0.05, 0.1) is 6.54 Å².